The minimum absolute atomic E-state index is 0.0283. The van der Waals surface area contributed by atoms with E-state index in [1.54, 1.807) is 0 Å². The fourth-order valence-electron chi connectivity index (χ4n) is 6.59. The van der Waals surface area contributed by atoms with Gasteiger partial charge in [-0.1, -0.05) is 98.1 Å². The lowest BCUT2D eigenvalue weighted by atomic mass is 9.71. The number of aromatic nitrogens is 1. The molecule has 1 unspecified atom stereocenters. The maximum Gasteiger partial charge on any atom is 0.106 e. The van der Waals surface area contributed by atoms with Crippen molar-refractivity contribution in [1.82, 2.24) is 4.98 Å². The molecule has 3 nitrogen and oxygen atoms in total. The fraction of sp³-hybridized carbons (Fsp3) is 0.639. The van der Waals surface area contributed by atoms with Crippen molar-refractivity contribution in [2.75, 3.05) is 0 Å². The van der Waals surface area contributed by atoms with Gasteiger partial charge < -0.3 is 10.2 Å². The summed E-state index contributed by atoms with van der Waals surface area (Å²) in [6, 6.07) is 8.47. The molecule has 0 saturated heterocycles. The molecule has 0 aliphatic heterocycles. The van der Waals surface area contributed by atoms with Gasteiger partial charge in [-0.3, -0.25) is 4.98 Å². The molecule has 39 heavy (non-hydrogen) atoms. The first-order chi connectivity index (χ1) is 18.5. The van der Waals surface area contributed by atoms with Crippen molar-refractivity contribution in [3.05, 3.63) is 69.5 Å². The van der Waals surface area contributed by atoms with Gasteiger partial charge >= 0.3 is 0 Å². The van der Waals surface area contributed by atoms with Crippen LogP contribution in [0.2, 0.25) is 0 Å². The Bertz CT molecular complexity index is 1140. The first kappa shape index (κ1) is 30.0. The third-order valence-electron chi connectivity index (χ3n) is 9.22. The third kappa shape index (κ3) is 6.85. The molecule has 0 amide bonds. The Balaban J connectivity index is 0.000000648. The molecule has 214 valence electrons. The van der Waals surface area contributed by atoms with Crippen LogP contribution in [0.1, 0.15) is 170 Å². The van der Waals surface area contributed by atoms with Gasteiger partial charge in [-0.2, -0.15) is 0 Å². The summed E-state index contributed by atoms with van der Waals surface area (Å²) in [6.45, 7) is 15.5. The molecule has 0 radical (unpaired) electrons. The molecule has 2 atom stereocenters. The summed E-state index contributed by atoms with van der Waals surface area (Å²) >= 11 is 0. The maximum absolute atomic E-state index is 11.9. The Hall–Kier alpha value is -1.97. The molecular weight excluding hydrogens is 478 g/mol. The number of pyridine rings is 1. The molecular formula is C36H53NO2. The van der Waals surface area contributed by atoms with E-state index in [0.29, 0.717) is 11.8 Å². The highest BCUT2D eigenvalue weighted by Gasteiger charge is 2.39. The zero-order valence-electron chi connectivity index (χ0n) is 25.7. The van der Waals surface area contributed by atoms with E-state index >= 15 is 0 Å². The van der Waals surface area contributed by atoms with E-state index in [4.69, 9.17) is 4.98 Å². The van der Waals surface area contributed by atoms with E-state index in [1.165, 1.54) is 30.4 Å². The summed E-state index contributed by atoms with van der Waals surface area (Å²) in [5.74, 6) is 1.74. The van der Waals surface area contributed by atoms with E-state index in [0.717, 1.165) is 84.5 Å². The molecule has 1 aromatic heterocycles. The Morgan fingerprint density at radius 1 is 0.974 bits per heavy atom. The number of aliphatic hydroxyl groups is 2. The minimum atomic E-state index is -0.728. The van der Waals surface area contributed by atoms with Crippen LogP contribution in [-0.2, 0) is 6.42 Å². The smallest absolute Gasteiger partial charge is 0.106 e. The highest BCUT2D eigenvalue weighted by atomic mass is 16.3. The summed E-state index contributed by atoms with van der Waals surface area (Å²) in [4.78, 5) is 5.32. The fourth-order valence-corrected chi connectivity index (χ4v) is 6.59. The van der Waals surface area contributed by atoms with Gasteiger partial charge in [0.25, 0.3) is 0 Å². The number of benzene rings is 1. The monoisotopic (exact) mass is 531 g/mol. The van der Waals surface area contributed by atoms with Gasteiger partial charge in [0, 0.05) is 22.7 Å². The third-order valence-corrected chi connectivity index (χ3v) is 9.22. The van der Waals surface area contributed by atoms with Crippen LogP contribution in [-0.4, -0.2) is 15.2 Å². The second-order valence-corrected chi connectivity index (χ2v) is 13.8. The lowest BCUT2D eigenvalue weighted by Gasteiger charge is -2.38. The number of fused-ring (bicyclic) bond motifs is 1. The zero-order valence-corrected chi connectivity index (χ0v) is 25.7. The normalized spacial score (nSPS) is 21.5. The molecule has 3 aliphatic carbocycles. The Morgan fingerprint density at radius 3 is 2.13 bits per heavy atom. The van der Waals surface area contributed by atoms with Crippen LogP contribution in [0, 0.1) is 11.3 Å². The van der Waals surface area contributed by atoms with Crippen LogP contribution >= 0.6 is 0 Å². The number of allylic oxidation sites excluding steroid dienone is 2. The SMILES string of the molecule is CC(C)c1ccc([C@H](O)c2c(C3CCCC3)nc3c(c2C2=CCCC2)C(O)CC(C)(C)C3)cc1.CCC(C)C. The molecule has 5 rings (SSSR count). The molecule has 0 spiro atoms. The van der Waals surface area contributed by atoms with Crippen molar-refractivity contribution in [2.45, 2.75) is 137 Å². The lowest BCUT2D eigenvalue weighted by Crippen LogP contribution is -2.29. The summed E-state index contributed by atoms with van der Waals surface area (Å²) in [5.41, 5.74) is 8.83. The molecule has 1 fully saturated rings. The van der Waals surface area contributed by atoms with Gasteiger partial charge in [0.2, 0.25) is 0 Å². The molecule has 2 aromatic rings. The van der Waals surface area contributed by atoms with Gasteiger partial charge in [0.15, 0.2) is 0 Å². The quantitative estimate of drug-likeness (QED) is 0.390. The second-order valence-electron chi connectivity index (χ2n) is 13.8. The van der Waals surface area contributed by atoms with Crippen LogP contribution in [0.3, 0.4) is 0 Å². The lowest BCUT2D eigenvalue weighted by molar-refractivity contribution is 0.0972. The van der Waals surface area contributed by atoms with E-state index in [2.05, 4.69) is 78.8 Å². The van der Waals surface area contributed by atoms with Gasteiger partial charge in [-0.15, -0.1) is 0 Å². The minimum Gasteiger partial charge on any atom is -0.388 e. The van der Waals surface area contributed by atoms with Crippen molar-refractivity contribution in [3.63, 3.8) is 0 Å². The number of hydrogen-bond donors (Lipinski definition) is 2. The summed E-state index contributed by atoms with van der Waals surface area (Å²) in [6.07, 6.45) is 12.0. The van der Waals surface area contributed by atoms with Crippen LogP contribution in [0.25, 0.3) is 5.57 Å². The summed E-state index contributed by atoms with van der Waals surface area (Å²) in [7, 11) is 0. The number of nitrogens with zero attached hydrogens (tertiary/aromatic N) is 1. The highest BCUT2D eigenvalue weighted by Crippen LogP contribution is 2.50. The standard InChI is InChI=1S/C31H41NO2.C5H12/c1-19(2)20-13-15-23(16-14-20)30(34)28-26(21-9-5-6-10-21)27-24(17-31(3,4)18-25(27)33)32-29(28)22-11-7-8-12-22;1-4-5(2)3/h9,13-16,19,22,25,30,33-34H,5-8,10-12,17-18H2,1-4H3;5H,4H2,1-3H3/t25?,30-;/m0./s1. The summed E-state index contributed by atoms with van der Waals surface area (Å²) < 4.78 is 0. The topological polar surface area (TPSA) is 53.4 Å². The van der Waals surface area contributed by atoms with Gasteiger partial charge in [0.05, 0.1) is 11.8 Å². The molecule has 2 N–H and O–H groups in total. The van der Waals surface area contributed by atoms with Crippen LogP contribution in [0.5, 0.6) is 0 Å². The predicted octanol–water partition coefficient (Wildman–Crippen LogP) is 9.57. The van der Waals surface area contributed by atoms with Crippen LogP contribution in [0.4, 0.5) is 0 Å². The molecule has 3 heteroatoms. The largest absolute Gasteiger partial charge is 0.388 e. The average molecular weight is 532 g/mol. The molecule has 0 bridgehead atoms. The molecule has 1 saturated carbocycles. The van der Waals surface area contributed by atoms with Gasteiger partial charge in [-0.25, -0.2) is 0 Å². The average Bonchev–Trinajstić information content (AvgIpc) is 3.62. The highest BCUT2D eigenvalue weighted by molar-refractivity contribution is 5.75. The van der Waals surface area contributed by atoms with E-state index in [-0.39, 0.29) is 5.41 Å². The summed E-state index contributed by atoms with van der Waals surface area (Å²) in [5, 5.41) is 23.4. The van der Waals surface area contributed by atoms with E-state index in [1.807, 2.05) is 0 Å². The molecule has 1 heterocycles. The Kier molecular flexibility index (Phi) is 9.76. The van der Waals surface area contributed by atoms with Crippen molar-refractivity contribution >= 4 is 5.57 Å². The van der Waals surface area contributed by atoms with Crippen molar-refractivity contribution in [2.24, 2.45) is 11.3 Å². The molecule has 1 aromatic carbocycles. The van der Waals surface area contributed by atoms with E-state index in [9.17, 15) is 10.2 Å². The number of aliphatic hydroxyl groups excluding tert-OH is 2. The number of rotatable bonds is 6. The Morgan fingerprint density at radius 2 is 1.59 bits per heavy atom. The zero-order chi connectivity index (χ0) is 28.3. The second kappa shape index (κ2) is 12.7. The first-order valence-corrected chi connectivity index (χ1v) is 15.7. The maximum atomic E-state index is 11.9. The van der Waals surface area contributed by atoms with Crippen LogP contribution < -0.4 is 0 Å². The van der Waals surface area contributed by atoms with Crippen molar-refractivity contribution in [3.8, 4) is 0 Å². The van der Waals surface area contributed by atoms with E-state index < -0.39 is 12.2 Å². The Labute approximate surface area is 238 Å². The first-order valence-electron chi connectivity index (χ1n) is 15.7. The number of hydrogen-bond acceptors (Lipinski definition) is 3. The molecule has 3 aliphatic rings. The predicted molar refractivity (Wildman–Crippen MR) is 164 cm³/mol. The van der Waals surface area contributed by atoms with Crippen LogP contribution in [0.15, 0.2) is 30.3 Å². The van der Waals surface area contributed by atoms with Crippen molar-refractivity contribution in [1.29, 1.82) is 0 Å². The van der Waals surface area contributed by atoms with Crippen molar-refractivity contribution < 1.29 is 10.2 Å². The van der Waals surface area contributed by atoms with Gasteiger partial charge in [-0.05, 0) is 84.5 Å². The van der Waals surface area contributed by atoms with Gasteiger partial charge in [0.1, 0.15) is 6.10 Å².